The highest BCUT2D eigenvalue weighted by atomic mass is 16.2. The molecular formula is C17H27N3O. The van der Waals surface area contributed by atoms with E-state index in [1.165, 1.54) is 5.56 Å². The molecule has 1 aliphatic heterocycles. The summed E-state index contributed by atoms with van der Waals surface area (Å²) in [5, 5.41) is 0. The van der Waals surface area contributed by atoms with E-state index < -0.39 is 0 Å². The van der Waals surface area contributed by atoms with Crippen LogP contribution in [-0.2, 0) is 11.3 Å². The SMILES string of the molecule is CC(N)CC(=O)N1CCC(C)N(Cc2ccccc2)CC1. The van der Waals surface area contributed by atoms with Gasteiger partial charge in [-0.3, -0.25) is 9.69 Å². The van der Waals surface area contributed by atoms with Gasteiger partial charge in [-0.05, 0) is 25.8 Å². The number of hydrogen-bond acceptors (Lipinski definition) is 3. The Kier molecular flexibility index (Phi) is 5.76. The zero-order valence-electron chi connectivity index (χ0n) is 13.2. The lowest BCUT2D eigenvalue weighted by Crippen LogP contribution is -2.38. The molecule has 0 saturated carbocycles. The summed E-state index contributed by atoms with van der Waals surface area (Å²) < 4.78 is 0. The van der Waals surface area contributed by atoms with Crippen LogP contribution in [0.5, 0.6) is 0 Å². The first-order valence-corrected chi connectivity index (χ1v) is 7.87. The van der Waals surface area contributed by atoms with Crippen LogP contribution in [0.2, 0.25) is 0 Å². The number of carbonyl (C=O) groups excluding carboxylic acids is 1. The van der Waals surface area contributed by atoms with Crippen LogP contribution in [-0.4, -0.2) is 47.4 Å². The van der Waals surface area contributed by atoms with Crippen molar-refractivity contribution in [2.24, 2.45) is 5.73 Å². The van der Waals surface area contributed by atoms with Crippen LogP contribution in [0.25, 0.3) is 0 Å². The summed E-state index contributed by atoms with van der Waals surface area (Å²) in [6, 6.07) is 11.0. The van der Waals surface area contributed by atoms with Crippen molar-refractivity contribution >= 4 is 5.91 Å². The largest absolute Gasteiger partial charge is 0.341 e. The zero-order valence-corrected chi connectivity index (χ0v) is 13.2. The molecule has 1 aliphatic rings. The lowest BCUT2D eigenvalue weighted by atomic mass is 10.1. The van der Waals surface area contributed by atoms with E-state index in [-0.39, 0.29) is 11.9 Å². The van der Waals surface area contributed by atoms with Gasteiger partial charge in [0, 0.05) is 44.7 Å². The molecule has 2 unspecified atom stereocenters. The summed E-state index contributed by atoms with van der Waals surface area (Å²) in [6.07, 6.45) is 1.48. The lowest BCUT2D eigenvalue weighted by molar-refractivity contribution is -0.131. The highest BCUT2D eigenvalue weighted by Gasteiger charge is 2.23. The molecule has 4 nitrogen and oxygen atoms in total. The second-order valence-electron chi connectivity index (χ2n) is 6.16. The van der Waals surface area contributed by atoms with Gasteiger partial charge in [0.05, 0.1) is 0 Å². The van der Waals surface area contributed by atoms with Gasteiger partial charge in [0.1, 0.15) is 0 Å². The molecule has 116 valence electrons. The molecule has 1 amide bonds. The van der Waals surface area contributed by atoms with Crippen molar-refractivity contribution in [2.45, 2.75) is 45.3 Å². The fraction of sp³-hybridized carbons (Fsp3) is 0.588. The first kappa shape index (κ1) is 16.0. The van der Waals surface area contributed by atoms with E-state index >= 15 is 0 Å². The maximum Gasteiger partial charge on any atom is 0.224 e. The Morgan fingerprint density at radius 3 is 2.67 bits per heavy atom. The van der Waals surface area contributed by atoms with E-state index in [0.29, 0.717) is 12.5 Å². The predicted molar refractivity (Wildman–Crippen MR) is 85.8 cm³/mol. The van der Waals surface area contributed by atoms with Crippen LogP contribution in [0, 0.1) is 0 Å². The molecular weight excluding hydrogens is 262 g/mol. The summed E-state index contributed by atoms with van der Waals surface area (Å²) in [7, 11) is 0. The normalized spacial score (nSPS) is 21.9. The minimum Gasteiger partial charge on any atom is -0.341 e. The van der Waals surface area contributed by atoms with Crippen LogP contribution >= 0.6 is 0 Å². The maximum atomic E-state index is 12.2. The molecule has 1 saturated heterocycles. The van der Waals surface area contributed by atoms with Crippen LogP contribution in [0.3, 0.4) is 0 Å². The van der Waals surface area contributed by atoms with E-state index in [4.69, 9.17) is 5.73 Å². The van der Waals surface area contributed by atoms with Crippen molar-refractivity contribution in [3.63, 3.8) is 0 Å². The predicted octanol–water partition coefficient (Wildman–Crippen LogP) is 1.85. The van der Waals surface area contributed by atoms with Gasteiger partial charge in [-0.1, -0.05) is 30.3 Å². The Balaban J connectivity index is 1.93. The Hall–Kier alpha value is -1.39. The van der Waals surface area contributed by atoms with Gasteiger partial charge >= 0.3 is 0 Å². The Morgan fingerprint density at radius 1 is 1.29 bits per heavy atom. The standard InChI is InChI=1S/C17H27N3O/c1-14(18)12-17(21)19-9-8-15(2)20(11-10-19)13-16-6-4-3-5-7-16/h3-7,14-15H,8-13,18H2,1-2H3. The van der Waals surface area contributed by atoms with Gasteiger partial charge in [-0.25, -0.2) is 0 Å². The Labute approximate surface area is 127 Å². The van der Waals surface area contributed by atoms with Gasteiger partial charge in [0.15, 0.2) is 0 Å². The van der Waals surface area contributed by atoms with Crippen molar-refractivity contribution in [1.29, 1.82) is 0 Å². The second-order valence-corrected chi connectivity index (χ2v) is 6.16. The Morgan fingerprint density at radius 2 is 2.00 bits per heavy atom. The highest BCUT2D eigenvalue weighted by Crippen LogP contribution is 2.15. The smallest absolute Gasteiger partial charge is 0.224 e. The van der Waals surface area contributed by atoms with Crippen molar-refractivity contribution in [3.8, 4) is 0 Å². The van der Waals surface area contributed by atoms with E-state index in [9.17, 15) is 4.79 Å². The number of nitrogens with zero attached hydrogens (tertiary/aromatic N) is 2. The molecule has 1 aromatic rings. The molecule has 2 atom stereocenters. The first-order chi connectivity index (χ1) is 10.1. The molecule has 0 bridgehead atoms. The third-order valence-electron chi connectivity index (χ3n) is 4.18. The molecule has 0 radical (unpaired) electrons. The summed E-state index contributed by atoms with van der Waals surface area (Å²) >= 11 is 0. The summed E-state index contributed by atoms with van der Waals surface area (Å²) in [5.41, 5.74) is 7.07. The molecule has 1 aromatic carbocycles. The molecule has 1 fully saturated rings. The van der Waals surface area contributed by atoms with E-state index in [2.05, 4.69) is 36.1 Å². The van der Waals surface area contributed by atoms with Gasteiger partial charge in [-0.15, -0.1) is 0 Å². The van der Waals surface area contributed by atoms with Gasteiger partial charge in [-0.2, -0.15) is 0 Å². The monoisotopic (exact) mass is 289 g/mol. The van der Waals surface area contributed by atoms with E-state index in [1.807, 2.05) is 17.9 Å². The van der Waals surface area contributed by atoms with Crippen molar-refractivity contribution < 1.29 is 4.79 Å². The topological polar surface area (TPSA) is 49.6 Å². The third-order valence-corrected chi connectivity index (χ3v) is 4.18. The van der Waals surface area contributed by atoms with Crippen molar-refractivity contribution in [1.82, 2.24) is 9.80 Å². The number of amides is 1. The molecule has 4 heteroatoms. The first-order valence-electron chi connectivity index (χ1n) is 7.87. The number of hydrogen-bond donors (Lipinski definition) is 1. The summed E-state index contributed by atoms with van der Waals surface area (Å²) in [4.78, 5) is 16.6. The van der Waals surface area contributed by atoms with Crippen molar-refractivity contribution in [3.05, 3.63) is 35.9 Å². The lowest BCUT2D eigenvalue weighted by Gasteiger charge is -2.26. The maximum absolute atomic E-state index is 12.2. The highest BCUT2D eigenvalue weighted by molar-refractivity contribution is 5.76. The molecule has 1 heterocycles. The quantitative estimate of drug-likeness (QED) is 0.920. The van der Waals surface area contributed by atoms with Gasteiger partial charge in [0.2, 0.25) is 5.91 Å². The summed E-state index contributed by atoms with van der Waals surface area (Å²) in [5.74, 6) is 0.193. The van der Waals surface area contributed by atoms with E-state index in [0.717, 1.165) is 32.6 Å². The third kappa shape index (κ3) is 4.83. The average Bonchev–Trinajstić information content (AvgIpc) is 2.62. The van der Waals surface area contributed by atoms with Crippen LogP contribution in [0.1, 0.15) is 32.3 Å². The molecule has 2 N–H and O–H groups in total. The van der Waals surface area contributed by atoms with Crippen LogP contribution < -0.4 is 5.73 Å². The molecule has 2 rings (SSSR count). The fourth-order valence-corrected chi connectivity index (χ4v) is 2.81. The summed E-state index contributed by atoms with van der Waals surface area (Å²) in [6.45, 7) is 7.68. The minimum atomic E-state index is -0.0569. The second kappa shape index (κ2) is 7.57. The molecule has 0 spiro atoms. The fourth-order valence-electron chi connectivity index (χ4n) is 2.81. The van der Waals surface area contributed by atoms with E-state index in [1.54, 1.807) is 0 Å². The molecule has 0 aliphatic carbocycles. The Bertz CT molecular complexity index is 447. The minimum absolute atomic E-state index is 0.0569. The molecule has 0 aromatic heterocycles. The van der Waals surface area contributed by atoms with Crippen molar-refractivity contribution in [2.75, 3.05) is 19.6 Å². The number of benzene rings is 1. The number of carbonyl (C=O) groups is 1. The number of nitrogens with two attached hydrogens (primary N) is 1. The van der Waals surface area contributed by atoms with Gasteiger partial charge in [0.25, 0.3) is 0 Å². The van der Waals surface area contributed by atoms with Gasteiger partial charge < -0.3 is 10.6 Å². The zero-order chi connectivity index (χ0) is 15.2. The van der Waals surface area contributed by atoms with Crippen LogP contribution in [0.15, 0.2) is 30.3 Å². The number of rotatable bonds is 4. The molecule has 21 heavy (non-hydrogen) atoms. The average molecular weight is 289 g/mol. The van der Waals surface area contributed by atoms with Crippen LogP contribution in [0.4, 0.5) is 0 Å².